The molecule has 2 aromatic rings. The molecule has 1 saturated heterocycles. The number of halogens is 1. The molecule has 1 fully saturated rings. The van der Waals surface area contributed by atoms with Crippen LogP contribution in [0.2, 0.25) is 5.02 Å². The van der Waals surface area contributed by atoms with Gasteiger partial charge < -0.3 is 14.8 Å². The highest BCUT2D eigenvalue weighted by Gasteiger charge is 2.24. The zero-order chi connectivity index (χ0) is 21.7. The average Bonchev–Trinajstić information content (AvgIpc) is 3.03. The van der Waals surface area contributed by atoms with Crippen LogP contribution >= 0.6 is 23.4 Å². The molecule has 0 saturated carbocycles. The molecule has 1 aliphatic rings. The van der Waals surface area contributed by atoms with Gasteiger partial charge in [-0.2, -0.15) is 0 Å². The predicted molar refractivity (Wildman–Crippen MR) is 125 cm³/mol. The smallest absolute Gasteiger partial charge is 0.264 e. The molecule has 0 atom stereocenters. The number of nitrogens with one attached hydrogen (secondary N) is 1. The number of ether oxygens (including phenoxy) is 2. The number of nitrogens with zero attached hydrogens (tertiary/aromatic N) is 1. The Labute approximate surface area is 186 Å². The molecule has 5 nitrogen and oxygen atoms in total. The zero-order valence-corrected chi connectivity index (χ0v) is 19.1. The van der Waals surface area contributed by atoms with Crippen molar-refractivity contribution >= 4 is 46.2 Å². The fourth-order valence-corrected chi connectivity index (χ4v) is 3.68. The van der Waals surface area contributed by atoms with Gasteiger partial charge in [0.25, 0.3) is 5.91 Å². The van der Waals surface area contributed by atoms with Gasteiger partial charge in [0, 0.05) is 5.02 Å². The second-order valence-corrected chi connectivity index (χ2v) is 8.70. The molecule has 0 aromatic heterocycles. The Balaban J connectivity index is 1.80. The first-order chi connectivity index (χ1) is 14.4. The Morgan fingerprint density at radius 3 is 2.67 bits per heavy atom. The van der Waals surface area contributed by atoms with Crippen molar-refractivity contribution in [3.8, 4) is 11.5 Å². The third-order valence-corrected chi connectivity index (χ3v) is 5.49. The van der Waals surface area contributed by atoms with E-state index in [1.165, 1.54) is 11.8 Å². The molecule has 1 amide bonds. The Kier molecular flexibility index (Phi) is 7.45. The summed E-state index contributed by atoms with van der Waals surface area (Å²) in [6.07, 6.45) is 1.82. The summed E-state index contributed by atoms with van der Waals surface area (Å²) >= 11 is 7.45. The maximum absolute atomic E-state index is 12.4. The largest absolute Gasteiger partial charge is 0.490 e. The van der Waals surface area contributed by atoms with Gasteiger partial charge >= 0.3 is 0 Å². The minimum atomic E-state index is -0.185. The number of amides is 1. The van der Waals surface area contributed by atoms with Crippen molar-refractivity contribution < 1.29 is 14.3 Å². The molecule has 2 aromatic carbocycles. The number of hydrogen-bond donors (Lipinski definition) is 1. The lowest BCUT2D eigenvalue weighted by Crippen LogP contribution is -2.19. The molecule has 0 radical (unpaired) electrons. The summed E-state index contributed by atoms with van der Waals surface area (Å²) in [5.41, 5.74) is 2.53. The summed E-state index contributed by atoms with van der Waals surface area (Å²) in [6.45, 7) is 9.20. The van der Waals surface area contributed by atoms with Crippen LogP contribution in [0.5, 0.6) is 11.5 Å². The lowest BCUT2D eigenvalue weighted by Gasteiger charge is -2.14. The standard InChI is InChI=1S/C23H25ClN2O3S/c1-5-28-20-10-16(7-9-19(20)29-13-14(2)3)11-21-22(27)26-23(30-21)25-17-8-6-15(4)18(24)12-17/h6-12,14H,5,13H2,1-4H3,(H,25,26,27). The number of aliphatic imine (C=N–C) groups is 1. The maximum atomic E-state index is 12.4. The summed E-state index contributed by atoms with van der Waals surface area (Å²) in [5, 5.41) is 3.96. The third kappa shape index (κ3) is 5.80. The fraction of sp³-hybridized carbons (Fsp3) is 0.304. The van der Waals surface area contributed by atoms with Gasteiger partial charge in [0.15, 0.2) is 16.7 Å². The molecular formula is C23H25ClN2O3S. The van der Waals surface area contributed by atoms with E-state index in [-0.39, 0.29) is 5.91 Å². The molecule has 1 N–H and O–H groups in total. The number of hydrogen-bond acceptors (Lipinski definition) is 5. The number of benzene rings is 2. The first kappa shape index (κ1) is 22.2. The number of amidine groups is 1. The van der Waals surface area contributed by atoms with Crippen LogP contribution < -0.4 is 14.8 Å². The summed E-state index contributed by atoms with van der Waals surface area (Å²) in [7, 11) is 0. The van der Waals surface area contributed by atoms with Gasteiger partial charge in [0.05, 0.1) is 23.8 Å². The van der Waals surface area contributed by atoms with Gasteiger partial charge in [0.1, 0.15) is 0 Å². The lowest BCUT2D eigenvalue weighted by atomic mass is 10.2. The van der Waals surface area contributed by atoms with Crippen LogP contribution in [0.4, 0.5) is 5.69 Å². The van der Waals surface area contributed by atoms with Crippen molar-refractivity contribution in [2.24, 2.45) is 10.9 Å². The quantitative estimate of drug-likeness (QED) is 0.534. The first-order valence-electron chi connectivity index (χ1n) is 9.81. The number of aryl methyl sites for hydroxylation is 1. The minimum absolute atomic E-state index is 0.185. The highest BCUT2D eigenvalue weighted by Crippen LogP contribution is 2.33. The Bertz CT molecular complexity index is 1000. The van der Waals surface area contributed by atoms with Gasteiger partial charge in [-0.1, -0.05) is 37.6 Å². The average molecular weight is 445 g/mol. The van der Waals surface area contributed by atoms with Gasteiger partial charge in [-0.25, -0.2) is 4.99 Å². The predicted octanol–water partition coefficient (Wildman–Crippen LogP) is 5.97. The molecule has 158 valence electrons. The monoisotopic (exact) mass is 444 g/mol. The van der Waals surface area contributed by atoms with Gasteiger partial charge in [-0.15, -0.1) is 0 Å². The van der Waals surface area contributed by atoms with E-state index in [0.717, 1.165) is 11.1 Å². The zero-order valence-electron chi connectivity index (χ0n) is 17.5. The molecular weight excluding hydrogens is 420 g/mol. The Morgan fingerprint density at radius 1 is 1.17 bits per heavy atom. The summed E-state index contributed by atoms with van der Waals surface area (Å²) < 4.78 is 11.6. The highest BCUT2D eigenvalue weighted by atomic mass is 35.5. The van der Waals surface area contributed by atoms with E-state index in [0.29, 0.717) is 51.4 Å². The van der Waals surface area contributed by atoms with Crippen molar-refractivity contribution in [3.05, 3.63) is 57.5 Å². The highest BCUT2D eigenvalue weighted by molar-refractivity contribution is 8.18. The molecule has 0 bridgehead atoms. The molecule has 1 heterocycles. The molecule has 0 aliphatic carbocycles. The lowest BCUT2D eigenvalue weighted by molar-refractivity contribution is -0.115. The summed E-state index contributed by atoms with van der Waals surface area (Å²) in [4.78, 5) is 17.4. The van der Waals surface area contributed by atoms with Crippen LogP contribution in [0.3, 0.4) is 0 Å². The van der Waals surface area contributed by atoms with Crippen molar-refractivity contribution in [1.82, 2.24) is 5.32 Å². The second kappa shape index (κ2) is 10.0. The molecule has 0 spiro atoms. The second-order valence-electron chi connectivity index (χ2n) is 7.26. The van der Waals surface area contributed by atoms with Crippen molar-refractivity contribution in [3.63, 3.8) is 0 Å². The number of carbonyl (C=O) groups is 1. The van der Waals surface area contributed by atoms with Crippen LogP contribution in [0.15, 0.2) is 46.3 Å². The van der Waals surface area contributed by atoms with E-state index >= 15 is 0 Å². The summed E-state index contributed by atoms with van der Waals surface area (Å²) in [6, 6.07) is 11.2. The van der Waals surface area contributed by atoms with Crippen molar-refractivity contribution in [2.75, 3.05) is 13.2 Å². The molecule has 7 heteroatoms. The molecule has 30 heavy (non-hydrogen) atoms. The Hall–Kier alpha value is -2.44. The number of rotatable bonds is 7. The summed E-state index contributed by atoms with van der Waals surface area (Å²) in [5.74, 6) is 1.60. The topological polar surface area (TPSA) is 59.9 Å². The van der Waals surface area contributed by atoms with E-state index in [1.807, 2.05) is 50.3 Å². The normalized spacial score (nSPS) is 16.4. The SMILES string of the molecule is CCOc1cc(C=C2SC(=Nc3ccc(C)c(Cl)c3)NC2=O)ccc1OCC(C)C. The molecule has 0 unspecified atom stereocenters. The van der Waals surface area contributed by atoms with Crippen LogP contribution in [0.1, 0.15) is 31.9 Å². The third-order valence-electron chi connectivity index (χ3n) is 4.17. The van der Waals surface area contributed by atoms with Crippen molar-refractivity contribution in [1.29, 1.82) is 0 Å². The molecule has 1 aliphatic heterocycles. The fourth-order valence-electron chi connectivity index (χ4n) is 2.66. The number of thioether (sulfide) groups is 1. The van der Waals surface area contributed by atoms with Crippen molar-refractivity contribution in [2.45, 2.75) is 27.7 Å². The molecule has 3 rings (SSSR count). The van der Waals surface area contributed by atoms with Gasteiger partial charge in [-0.3, -0.25) is 4.79 Å². The first-order valence-corrected chi connectivity index (χ1v) is 11.0. The van der Waals surface area contributed by atoms with E-state index < -0.39 is 0 Å². The van der Waals surface area contributed by atoms with Crippen LogP contribution in [-0.2, 0) is 4.79 Å². The van der Waals surface area contributed by atoms with Crippen LogP contribution in [-0.4, -0.2) is 24.3 Å². The van der Waals surface area contributed by atoms with Gasteiger partial charge in [-0.05, 0) is 73.0 Å². The van der Waals surface area contributed by atoms with E-state index in [1.54, 1.807) is 6.07 Å². The van der Waals surface area contributed by atoms with Crippen LogP contribution in [0.25, 0.3) is 6.08 Å². The van der Waals surface area contributed by atoms with E-state index in [4.69, 9.17) is 21.1 Å². The number of carbonyl (C=O) groups excluding carboxylic acids is 1. The van der Waals surface area contributed by atoms with E-state index in [9.17, 15) is 4.79 Å². The van der Waals surface area contributed by atoms with E-state index in [2.05, 4.69) is 24.2 Å². The van der Waals surface area contributed by atoms with Crippen LogP contribution in [0, 0.1) is 12.8 Å². The van der Waals surface area contributed by atoms with Gasteiger partial charge in [0.2, 0.25) is 0 Å². The Morgan fingerprint density at radius 2 is 1.97 bits per heavy atom. The maximum Gasteiger partial charge on any atom is 0.264 e. The minimum Gasteiger partial charge on any atom is -0.490 e.